The summed E-state index contributed by atoms with van der Waals surface area (Å²) in [6, 6.07) is 7.22. The van der Waals surface area contributed by atoms with Crippen LogP contribution in [-0.4, -0.2) is 29.9 Å². The summed E-state index contributed by atoms with van der Waals surface area (Å²) in [5.74, 6) is 0.976. The van der Waals surface area contributed by atoms with Gasteiger partial charge in [0, 0.05) is 24.1 Å². The van der Waals surface area contributed by atoms with Crippen LogP contribution in [0.1, 0.15) is 15.9 Å². The molecule has 0 aliphatic carbocycles. The zero-order valence-electron chi connectivity index (χ0n) is 11.8. The Hall–Kier alpha value is -2.89. The Morgan fingerprint density at radius 3 is 2.59 bits per heavy atom. The van der Waals surface area contributed by atoms with Crippen molar-refractivity contribution in [3.05, 3.63) is 41.5 Å². The minimum absolute atomic E-state index is 0.0259. The minimum Gasteiger partial charge on any atom is -0.508 e. The number of aromatic hydroxyl groups is 2. The van der Waals surface area contributed by atoms with Crippen LogP contribution in [0.15, 0.2) is 30.3 Å². The third-order valence-corrected chi connectivity index (χ3v) is 3.41. The highest BCUT2D eigenvalue weighted by Gasteiger charge is 2.20. The van der Waals surface area contributed by atoms with Crippen LogP contribution < -0.4 is 14.2 Å². The van der Waals surface area contributed by atoms with E-state index < -0.39 is 0 Å². The molecule has 6 nitrogen and oxygen atoms in total. The normalized spacial score (nSPS) is 12.2. The second-order valence-corrected chi connectivity index (χ2v) is 4.82. The topological polar surface area (TPSA) is 85.2 Å². The number of hydrogen-bond acceptors (Lipinski definition) is 6. The van der Waals surface area contributed by atoms with Crippen molar-refractivity contribution in [3.63, 3.8) is 0 Å². The van der Waals surface area contributed by atoms with Gasteiger partial charge in [0.1, 0.15) is 17.2 Å². The Kier molecular flexibility index (Phi) is 3.50. The lowest BCUT2D eigenvalue weighted by atomic mass is 10.0. The van der Waals surface area contributed by atoms with Crippen molar-refractivity contribution in [2.24, 2.45) is 0 Å². The summed E-state index contributed by atoms with van der Waals surface area (Å²) in [4.78, 5) is 12.3. The third kappa shape index (κ3) is 2.50. The molecule has 0 bridgehead atoms. The molecule has 0 aromatic heterocycles. The highest BCUT2D eigenvalue weighted by molar-refractivity contribution is 6.00. The zero-order valence-corrected chi connectivity index (χ0v) is 11.8. The smallest absolute Gasteiger partial charge is 0.231 e. The van der Waals surface area contributed by atoms with Crippen LogP contribution >= 0.6 is 0 Å². The molecule has 0 saturated carbocycles. The number of Topliss-reactive ketones (excluding diaryl/α,β-unsaturated/α-hetero) is 1. The molecule has 22 heavy (non-hydrogen) atoms. The van der Waals surface area contributed by atoms with E-state index in [4.69, 9.17) is 14.2 Å². The number of methoxy groups -OCH3 is 1. The maximum Gasteiger partial charge on any atom is 0.231 e. The summed E-state index contributed by atoms with van der Waals surface area (Å²) in [5.41, 5.74) is 0.766. The molecular weight excluding hydrogens is 288 g/mol. The van der Waals surface area contributed by atoms with Crippen molar-refractivity contribution in [1.29, 1.82) is 0 Å². The molecule has 0 amide bonds. The quantitative estimate of drug-likeness (QED) is 0.843. The Labute approximate surface area is 126 Å². The lowest BCUT2D eigenvalue weighted by Gasteiger charge is -2.10. The van der Waals surface area contributed by atoms with Gasteiger partial charge in [0.2, 0.25) is 6.79 Å². The molecule has 1 aliphatic heterocycles. The molecule has 6 heteroatoms. The Balaban J connectivity index is 1.90. The molecule has 0 atom stereocenters. The average Bonchev–Trinajstić information content (AvgIpc) is 2.93. The van der Waals surface area contributed by atoms with Crippen molar-refractivity contribution in [2.45, 2.75) is 6.42 Å². The Morgan fingerprint density at radius 1 is 1.18 bits per heavy atom. The van der Waals surface area contributed by atoms with Crippen molar-refractivity contribution < 1.29 is 29.2 Å². The molecule has 114 valence electrons. The molecule has 0 fully saturated rings. The lowest BCUT2D eigenvalue weighted by molar-refractivity contribution is 0.0989. The molecule has 1 aliphatic rings. The van der Waals surface area contributed by atoms with E-state index in [9.17, 15) is 15.0 Å². The second-order valence-electron chi connectivity index (χ2n) is 4.82. The number of fused-ring (bicyclic) bond motifs is 1. The van der Waals surface area contributed by atoms with Gasteiger partial charge in [-0.05, 0) is 18.2 Å². The number of rotatable bonds is 4. The highest BCUT2D eigenvalue weighted by Crippen LogP contribution is 2.38. The van der Waals surface area contributed by atoms with Gasteiger partial charge in [-0.3, -0.25) is 4.79 Å². The van der Waals surface area contributed by atoms with Gasteiger partial charge in [0.15, 0.2) is 17.3 Å². The molecule has 0 spiro atoms. The van der Waals surface area contributed by atoms with Gasteiger partial charge < -0.3 is 24.4 Å². The van der Waals surface area contributed by atoms with E-state index in [1.165, 1.54) is 19.2 Å². The van der Waals surface area contributed by atoms with Gasteiger partial charge in [0.25, 0.3) is 0 Å². The summed E-state index contributed by atoms with van der Waals surface area (Å²) in [5, 5.41) is 19.0. The van der Waals surface area contributed by atoms with Crippen LogP contribution in [0.5, 0.6) is 28.7 Å². The van der Waals surface area contributed by atoms with Gasteiger partial charge in [-0.15, -0.1) is 0 Å². The van der Waals surface area contributed by atoms with E-state index in [-0.39, 0.29) is 36.1 Å². The van der Waals surface area contributed by atoms with Crippen molar-refractivity contribution in [3.8, 4) is 28.7 Å². The fraction of sp³-hybridized carbons (Fsp3) is 0.188. The number of carbonyl (C=O) groups excluding carboxylic acids is 1. The Morgan fingerprint density at radius 2 is 1.91 bits per heavy atom. The van der Waals surface area contributed by atoms with Crippen LogP contribution in [0.2, 0.25) is 0 Å². The first-order valence-corrected chi connectivity index (χ1v) is 6.60. The second kappa shape index (κ2) is 5.48. The zero-order chi connectivity index (χ0) is 15.7. The highest BCUT2D eigenvalue weighted by atomic mass is 16.7. The molecule has 2 N–H and O–H groups in total. The molecule has 2 aromatic carbocycles. The average molecular weight is 302 g/mol. The molecule has 0 unspecified atom stereocenters. The molecule has 1 heterocycles. The summed E-state index contributed by atoms with van der Waals surface area (Å²) in [6.45, 7) is 0.134. The van der Waals surface area contributed by atoms with Crippen LogP contribution in [0.3, 0.4) is 0 Å². The summed E-state index contributed by atoms with van der Waals surface area (Å²) in [7, 11) is 1.50. The monoisotopic (exact) mass is 302 g/mol. The SMILES string of the molecule is COc1cc2c(cc1CC(=O)c1ccc(O)cc1O)OCO2. The largest absolute Gasteiger partial charge is 0.508 e. The number of benzene rings is 2. The van der Waals surface area contributed by atoms with E-state index in [1.54, 1.807) is 12.1 Å². The minimum atomic E-state index is -0.297. The first kappa shape index (κ1) is 14.1. The fourth-order valence-corrected chi connectivity index (χ4v) is 2.32. The predicted octanol–water partition coefficient (Wildman–Crippen LogP) is 2.26. The first-order valence-electron chi connectivity index (χ1n) is 6.60. The van der Waals surface area contributed by atoms with Crippen molar-refractivity contribution >= 4 is 5.78 Å². The first-order chi connectivity index (χ1) is 10.6. The number of hydrogen-bond donors (Lipinski definition) is 2. The van der Waals surface area contributed by atoms with Crippen molar-refractivity contribution in [2.75, 3.05) is 13.9 Å². The molecular formula is C16H14O6. The van der Waals surface area contributed by atoms with Crippen LogP contribution in [0.25, 0.3) is 0 Å². The predicted molar refractivity (Wildman–Crippen MR) is 76.9 cm³/mol. The fourth-order valence-electron chi connectivity index (χ4n) is 2.32. The van der Waals surface area contributed by atoms with Gasteiger partial charge in [-0.2, -0.15) is 0 Å². The number of phenolic OH excluding ortho intramolecular Hbond substituents is 2. The maximum atomic E-state index is 12.3. The maximum absolute atomic E-state index is 12.3. The number of ketones is 1. The molecule has 2 aromatic rings. The number of ether oxygens (including phenoxy) is 3. The molecule has 0 radical (unpaired) electrons. The number of carbonyl (C=O) groups is 1. The van der Waals surface area contributed by atoms with E-state index in [0.717, 1.165) is 6.07 Å². The van der Waals surface area contributed by atoms with Gasteiger partial charge in [-0.25, -0.2) is 0 Å². The van der Waals surface area contributed by atoms with Gasteiger partial charge in [0.05, 0.1) is 12.7 Å². The lowest BCUT2D eigenvalue weighted by Crippen LogP contribution is -2.05. The van der Waals surface area contributed by atoms with E-state index in [2.05, 4.69) is 0 Å². The summed E-state index contributed by atoms with van der Waals surface area (Å²) < 4.78 is 15.8. The summed E-state index contributed by atoms with van der Waals surface area (Å²) >= 11 is 0. The van der Waals surface area contributed by atoms with Gasteiger partial charge in [-0.1, -0.05) is 0 Å². The number of phenols is 2. The van der Waals surface area contributed by atoms with Gasteiger partial charge >= 0.3 is 0 Å². The standard InChI is InChI=1S/C16H14O6/c1-20-14-7-16-15(21-8-22-16)5-9(14)4-12(18)11-3-2-10(17)6-13(11)19/h2-3,5-7,17,19H,4,8H2,1H3. The van der Waals surface area contributed by atoms with Crippen LogP contribution in [0.4, 0.5) is 0 Å². The Bertz CT molecular complexity index is 738. The van der Waals surface area contributed by atoms with Crippen LogP contribution in [-0.2, 0) is 6.42 Å². The van der Waals surface area contributed by atoms with E-state index in [0.29, 0.717) is 22.8 Å². The third-order valence-electron chi connectivity index (χ3n) is 3.41. The van der Waals surface area contributed by atoms with E-state index >= 15 is 0 Å². The molecule has 3 rings (SSSR count). The molecule has 0 saturated heterocycles. The van der Waals surface area contributed by atoms with Crippen LogP contribution in [0, 0.1) is 0 Å². The van der Waals surface area contributed by atoms with E-state index in [1.807, 2.05) is 0 Å². The van der Waals surface area contributed by atoms with Crippen molar-refractivity contribution in [1.82, 2.24) is 0 Å². The summed E-state index contributed by atoms with van der Waals surface area (Å²) in [6.07, 6.45) is 0.0259.